The first kappa shape index (κ1) is 66.5. The van der Waals surface area contributed by atoms with Crippen LogP contribution in [0.3, 0.4) is 0 Å². The van der Waals surface area contributed by atoms with Crippen LogP contribution in [0.4, 0.5) is 0 Å². The summed E-state index contributed by atoms with van der Waals surface area (Å²) in [4.78, 5) is 10.8. The number of aliphatic carboxylic acids is 1. The van der Waals surface area contributed by atoms with Crippen molar-refractivity contribution in [3.05, 3.63) is 0 Å². The zero-order valence-corrected chi connectivity index (χ0v) is 45.1. The van der Waals surface area contributed by atoms with Gasteiger partial charge >= 0.3 is 5.97 Å². The number of unbranched alkanes of at least 4 members (excludes halogenated alkanes) is 6. The second kappa shape index (κ2) is 30.5. The van der Waals surface area contributed by atoms with Gasteiger partial charge in [-0.2, -0.15) is 0 Å². The van der Waals surface area contributed by atoms with E-state index in [0.29, 0.717) is 25.7 Å². The molecule has 0 aromatic heterocycles. The van der Waals surface area contributed by atoms with Gasteiger partial charge < -0.3 is 139 Å². The van der Waals surface area contributed by atoms with Gasteiger partial charge in [-0.1, -0.05) is 51.9 Å². The molecule has 1 unspecified atom stereocenters. The monoisotopic (exact) mass is 1150 g/mol. The first-order chi connectivity index (χ1) is 37.4. The van der Waals surface area contributed by atoms with E-state index >= 15 is 0 Å². The second-order valence-electron chi connectivity index (χ2n) is 21.6. The summed E-state index contributed by atoms with van der Waals surface area (Å²) in [6, 6.07) is 0. The third kappa shape index (κ3) is 16.2. The van der Waals surface area contributed by atoms with Gasteiger partial charge in [0.1, 0.15) is 122 Å². The Bertz CT molecular complexity index is 1800. The van der Waals surface area contributed by atoms with E-state index in [9.17, 15) is 81.4 Å². The van der Waals surface area contributed by atoms with Crippen molar-refractivity contribution in [1.29, 1.82) is 0 Å². The lowest BCUT2D eigenvalue weighted by atomic mass is 9.95. The van der Waals surface area contributed by atoms with Crippen LogP contribution in [0.15, 0.2) is 0 Å². The van der Waals surface area contributed by atoms with Gasteiger partial charge in [0, 0.05) is 6.42 Å². The predicted octanol–water partition coefficient (Wildman–Crippen LogP) is -5.20. The number of rotatable bonds is 26. The number of aliphatic hydroxyl groups excluding tert-OH is 15. The lowest BCUT2D eigenvalue weighted by Crippen LogP contribution is -2.69. The topological polar surface area (TPSA) is 452 Å². The van der Waals surface area contributed by atoms with Crippen molar-refractivity contribution in [1.82, 2.24) is 0 Å². The highest BCUT2D eigenvalue weighted by molar-refractivity contribution is 5.66. The first-order valence-corrected chi connectivity index (χ1v) is 27.6. The van der Waals surface area contributed by atoms with Gasteiger partial charge in [0.05, 0.1) is 43.7 Å². The molecular formula is C50H88O29. The van der Waals surface area contributed by atoms with E-state index in [4.69, 9.17) is 61.9 Å². The Labute approximate surface area is 457 Å². The lowest BCUT2D eigenvalue weighted by molar-refractivity contribution is -0.414. The van der Waals surface area contributed by atoms with Crippen molar-refractivity contribution in [3.63, 3.8) is 0 Å². The highest BCUT2D eigenvalue weighted by Gasteiger charge is 2.58. The van der Waals surface area contributed by atoms with Crippen LogP contribution in [0.2, 0.25) is 0 Å². The highest BCUT2D eigenvalue weighted by atomic mass is 16.8. The van der Waals surface area contributed by atoms with Crippen LogP contribution in [-0.2, 0) is 61.6 Å². The smallest absolute Gasteiger partial charge is 0.303 e. The SMILES string of the molecule is CCCC(CCCCCCCCCC(=O)O)O[C@@H]1O[C@H](C)[C@@H](O)[C@H](O)[C@H]1O[C@@H]1O[C@H](CO)[C@@H](O)[C@H](O)[C@H]1O[C@@H]1O[C@@H](C)[C@H](O[C@@H]2O[C@H](C)[C@H](O)[C@H](O)[C@H]2O)[C@@H](O[C@@H]2O[C@H](CO)[C@@H](O)[C@H](O)[C@H]2O[C@@H]2O[C@H](C)[C@@H](O)[C@H](O)[C@H]2O)[C@H]1O. The molecule has 462 valence electrons. The Morgan fingerprint density at radius 2 is 0.747 bits per heavy atom. The van der Waals surface area contributed by atoms with Crippen LogP contribution < -0.4 is 0 Å². The number of carboxylic acid groups (broad SMARTS) is 1. The number of carbonyl (C=O) groups is 1. The van der Waals surface area contributed by atoms with Crippen LogP contribution >= 0.6 is 0 Å². The van der Waals surface area contributed by atoms with Crippen molar-refractivity contribution < 1.29 is 143 Å². The molecule has 29 heteroatoms. The van der Waals surface area contributed by atoms with Crippen LogP contribution in [0.25, 0.3) is 0 Å². The lowest BCUT2D eigenvalue weighted by Gasteiger charge is -2.51. The molecule has 0 amide bonds. The molecule has 6 fully saturated rings. The summed E-state index contributed by atoms with van der Waals surface area (Å²) in [6.45, 7) is 5.70. The number of hydrogen-bond acceptors (Lipinski definition) is 28. The van der Waals surface area contributed by atoms with E-state index in [1.807, 2.05) is 6.92 Å². The molecule has 6 aliphatic heterocycles. The number of ether oxygens (including phenoxy) is 12. The van der Waals surface area contributed by atoms with Gasteiger partial charge in [-0.15, -0.1) is 0 Å². The number of hydrogen-bond donors (Lipinski definition) is 16. The van der Waals surface area contributed by atoms with Crippen molar-refractivity contribution >= 4 is 5.97 Å². The molecule has 0 aromatic rings. The van der Waals surface area contributed by atoms with E-state index in [0.717, 1.165) is 38.5 Å². The quantitative estimate of drug-likeness (QED) is 0.0360. The van der Waals surface area contributed by atoms with Crippen LogP contribution in [0.1, 0.15) is 105 Å². The minimum atomic E-state index is -2.20. The summed E-state index contributed by atoms with van der Waals surface area (Å²) >= 11 is 0. The van der Waals surface area contributed by atoms with Gasteiger partial charge in [0.15, 0.2) is 37.7 Å². The van der Waals surface area contributed by atoms with E-state index in [2.05, 4.69) is 0 Å². The summed E-state index contributed by atoms with van der Waals surface area (Å²) in [7, 11) is 0. The molecule has 29 nitrogen and oxygen atoms in total. The van der Waals surface area contributed by atoms with Gasteiger partial charge in [-0.25, -0.2) is 0 Å². The standard InChI is InChI=1S/C50H88O29/c1-6-14-23(15-12-10-8-7-9-11-13-16-26(53)54)72-48-42(34(62)29(57)21(4)70-48)79-50-44(36(64)31(59)25(18-52)74-50)78-47-39(67)41(40(22(5)71-47)75-45-37(65)32(60)27(55)19(2)68-45)76-49-43(35(63)30(58)24(17-51)73-49)77-46-38(66)33(61)28(56)20(3)69-46/h19-25,27-52,55-67H,6-18H2,1-5H3,(H,53,54)/t19-,20-,21-,22+,23?,24-,25-,27+,28-,29-,30-,31-,32+,33+,34+,35+,36+,37-,38-,39-,40+,41+,42-,43-,44-,45+,46+,47+,48+,49+,50+/m1/s1. The Morgan fingerprint density at radius 1 is 0.380 bits per heavy atom. The average molecular weight is 1150 g/mol. The molecule has 0 saturated carbocycles. The largest absolute Gasteiger partial charge is 0.481 e. The Balaban J connectivity index is 1.27. The second-order valence-corrected chi connectivity index (χ2v) is 21.6. The molecule has 31 atom stereocenters. The van der Waals surface area contributed by atoms with Crippen LogP contribution in [-0.4, -0.2) is 291 Å². The Kier molecular flexibility index (Phi) is 25.7. The molecule has 6 saturated heterocycles. The summed E-state index contributed by atoms with van der Waals surface area (Å²) in [5, 5.41) is 174. The zero-order chi connectivity index (χ0) is 58.2. The van der Waals surface area contributed by atoms with Gasteiger partial charge in [0.25, 0.3) is 0 Å². The number of carboxylic acids is 1. The molecule has 16 N–H and O–H groups in total. The molecule has 0 aliphatic carbocycles. The molecule has 0 radical (unpaired) electrons. The molecule has 6 aliphatic rings. The minimum Gasteiger partial charge on any atom is -0.481 e. The summed E-state index contributed by atoms with van der Waals surface area (Å²) in [6.07, 6.45) is -44.8. The molecule has 0 spiro atoms. The maximum Gasteiger partial charge on any atom is 0.303 e. The fraction of sp³-hybridized carbons (Fsp3) is 0.980. The van der Waals surface area contributed by atoms with Crippen molar-refractivity contribution in [3.8, 4) is 0 Å². The van der Waals surface area contributed by atoms with Crippen LogP contribution in [0.5, 0.6) is 0 Å². The Hall–Kier alpha value is -1.61. The molecule has 6 rings (SSSR count). The Morgan fingerprint density at radius 3 is 1.22 bits per heavy atom. The first-order valence-electron chi connectivity index (χ1n) is 27.6. The average Bonchev–Trinajstić information content (AvgIpc) is 3.46. The highest BCUT2D eigenvalue weighted by Crippen LogP contribution is 2.39. The van der Waals surface area contributed by atoms with Gasteiger partial charge in [0.2, 0.25) is 0 Å². The molecule has 79 heavy (non-hydrogen) atoms. The van der Waals surface area contributed by atoms with Crippen molar-refractivity contribution in [2.24, 2.45) is 0 Å². The van der Waals surface area contributed by atoms with Crippen molar-refractivity contribution in [2.75, 3.05) is 13.2 Å². The molecule has 0 bridgehead atoms. The zero-order valence-electron chi connectivity index (χ0n) is 45.1. The fourth-order valence-corrected chi connectivity index (χ4v) is 10.7. The molecule has 0 aromatic carbocycles. The van der Waals surface area contributed by atoms with E-state index in [1.54, 1.807) is 0 Å². The van der Waals surface area contributed by atoms with E-state index in [-0.39, 0.29) is 6.42 Å². The maximum absolute atomic E-state index is 12.4. The predicted molar refractivity (Wildman–Crippen MR) is 260 cm³/mol. The minimum absolute atomic E-state index is 0.128. The van der Waals surface area contributed by atoms with Gasteiger partial charge in [-0.05, 0) is 47.0 Å². The molecule has 6 heterocycles. The maximum atomic E-state index is 12.4. The molecular weight excluding hydrogens is 1060 g/mol. The van der Waals surface area contributed by atoms with Crippen LogP contribution in [0, 0.1) is 0 Å². The van der Waals surface area contributed by atoms with Gasteiger partial charge in [-0.3, -0.25) is 4.79 Å². The van der Waals surface area contributed by atoms with E-state index < -0.39 is 210 Å². The van der Waals surface area contributed by atoms with Crippen molar-refractivity contribution in [2.45, 2.75) is 296 Å². The third-order valence-corrected chi connectivity index (χ3v) is 15.6. The summed E-state index contributed by atoms with van der Waals surface area (Å²) < 4.78 is 72.7. The third-order valence-electron chi connectivity index (χ3n) is 15.6. The summed E-state index contributed by atoms with van der Waals surface area (Å²) in [5.41, 5.74) is 0. The fourth-order valence-electron chi connectivity index (χ4n) is 10.7. The summed E-state index contributed by atoms with van der Waals surface area (Å²) in [5.74, 6) is -0.825. The number of aliphatic hydroxyl groups is 15. The normalized spacial score (nSPS) is 47.4. The van der Waals surface area contributed by atoms with E-state index in [1.165, 1.54) is 27.7 Å².